The number of aromatic hydroxyl groups is 2. The molecule has 8 aromatic rings. The lowest BCUT2D eigenvalue weighted by Crippen LogP contribution is -1.96. The number of ether oxygens (including phenoxy) is 2. The number of carbonyl (C=O) groups excluding carboxylic acids is 1. The first kappa shape index (κ1) is 39.4. The van der Waals surface area contributed by atoms with Crippen molar-refractivity contribution >= 4 is 34.8 Å². The van der Waals surface area contributed by atoms with E-state index in [1.807, 2.05) is 23.0 Å². The van der Waals surface area contributed by atoms with Gasteiger partial charge in [0.05, 0.1) is 51.0 Å². The lowest BCUT2D eigenvalue weighted by Gasteiger charge is -2.13. The molecular formula is C42H35F2N9O6. The van der Waals surface area contributed by atoms with Crippen molar-refractivity contribution in [2.75, 3.05) is 14.2 Å². The Balaban J connectivity index is 0.000000179. The number of aromatic nitrogens is 8. The van der Waals surface area contributed by atoms with Gasteiger partial charge in [0.2, 0.25) is 0 Å². The number of rotatable bonds is 10. The first-order chi connectivity index (χ1) is 28.6. The highest BCUT2D eigenvalue weighted by Gasteiger charge is 2.20. The molecule has 59 heavy (non-hydrogen) atoms. The highest BCUT2D eigenvalue weighted by atomic mass is 19.1. The van der Waals surface area contributed by atoms with Gasteiger partial charge in [-0.05, 0) is 61.4 Å². The molecule has 0 atom stereocenters. The minimum absolute atomic E-state index is 0.0419. The van der Waals surface area contributed by atoms with Crippen molar-refractivity contribution in [2.45, 2.75) is 26.9 Å². The molecule has 3 N–H and O–H groups in total. The summed E-state index contributed by atoms with van der Waals surface area (Å²) in [5.41, 5.74) is 6.87. The smallest absolute Gasteiger partial charge is 0.183 e. The van der Waals surface area contributed by atoms with Crippen LogP contribution in [0.3, 0.4) is 0 Å². The van der Waals surface area contributed by atoms with Crippen LogP contribution in [0, 0.1) is 11.6 Å². The fourth-order valence-electron chi connectivity index (χ4n) is 6.62. The molecule has 0 spiro atoms. The van der Waals surface area contributed by atoms with E-state index < -0.39 is 11.6 Å². The first-order valence-electron chi connectivity index (χ1n) is 18.0. The Kier molecular flexibility index (Phi) is 11.2. The first-order valence-corrected chi connectivity index (χ1v) is 18.0. The number of oxime groups is 1. The zero-order valence-electron chi connectivity index (χ0n) is 32.0. The molecule has 0 saturated heterocycles. The molecule has 0 amide bonds. The Morgan fingerprint density at radius 2 is 1.12 bits per heavy atom. The van der Waals surface area contributed by atoms with Gasteiger partial charge in [-0.15, -0.1) is 10.2 Å². The Hall–Kier alpha value is -7.82. The third-order valence-electron chi connectivity index (χ3n) is 9.65. The van der Waals surface area contributed by atoms with Gasteiger partial charge in [0, 0.05) is 64.2 Å². The number of imidazole rings is 2. The van der Waals surface area contributed by atoms with E-state index in [2.05, 4.69) is 35.5 Å². The Morgan fingerprint density at radius 1 is 0.661 bits per heavy atom. The highest BCUT2D eigenvalue weighted by molar-refractivity contribution is 5.93. The quantitative estimate of drug-likeness (QED) is 0.0529. The van der Waals surface area contributed by atoms with Gasteiger partial charge < -0.3 is 34.0 Å². The van der Waals surface area contributed by atoms with Crippen LogP contribution in [0.4, 0.5) is 8.78 Å². The molecule has 0 fully saturated rings. The van der Waals surface area contributed by atoms with Gasteiger partial charge >= 0.3 is 0 Å². The zero-order valence-corrected chi connectivity index (χ0v) is 32.0. The number of hydrogen-bond acceptors (Lipinski definition) is 13. The van der Waals surface area contributed by atoms with Crippen LogP contribution in [-0.4, -0.2) is 81.6 Å². The van der Waals surface area contributed by atoms with Gasteiger partial charge in [-0.25, -0.2) is 18.7 Å². The molecule has 0 aliphatic heterocycles. The van der Waals surface area contributed by atoms with E-state index in [0.717, 1.165) is 6.21 Å². The number of halogens is 2. The lowest BCUT2D eigenvalue weighted by molar-refractivity contribution is 0.112. The van der Waals surface area contributed by atoms with Crippen molar-refractivity contribution in [2.24, 2.45) is 5.16 Å². The van der Waals surface area contributed by atoms with Gasteiger partial charge in [0.1, 0.15) is 45.7 Å². The average Bonchev–Trinajstić information content (AvgIpc) is 3.89. The van der Waals surface area contributed by atoms with Crippen LogP contribution in [0.2, 0.25) is 0 Å². The van der Waals surface area contributed by atoms with Gasteiger partial charge in [0.15, 0.2) is 17.6 Å². The van der Waals surface area contributed by atoms with Crippen molar-refractivity contribution in [1.82, 2.24) is 39.5 Å². The lowest BCUT2D eigenvalue weighted by atomic mass is 9.96. The summed E-state index contributed by atoms with van der Waals surface area (Å²) in [7, 11) is 2.84. The SMILES string of the molecule is CCn1cnc2c(-c3ccc(F)c(-c4cc(C=NO)c(O)cc4OC)c3)cnnc21.CCn1cnc2c(-c3ccc(F)c(-c4cc(C=O)c(O)cc4OC)c3)cnnc21. The van der Waals surface area contributed by atoms with Gasteiger partial charge in [-0.2, -0.15) is 10.2 Å². The average molecular weight is 800 g/mol. The van der Waals surface area contributed by atoms with Gasteiger partial charge in [-0.3, -0.25) is 4.79 Å². The number of fused-ring (bicyclic) bond motifs is 2. The minimum atomic E-state index is -0.494. The summed E-state index contributed by atoms with van der Waals surface area (Å²) in [6, 6.07) is 14.8. The zero-order chi connectivity index (χ0) is 41.8. The second kappa shape index (κ2) is 16.7. The molecule has 0 unspecified atom stereocenters. The van der Waals surface area contributed by atoms with E-state index >= 15 is 0 Å². The summed E-state index contributed by atoms with van der Waals surface area (Å²) in [6.45, 7) is 5.36. The number of phenols is 2. The molecule has 0 aliphatic carbocycles. The molecule has 15 nitrogen and oxygen atoms in total. The number of hydrogen-bond donors (Lipinski definition) is 3. The third-order valence-corrected chi connectivity index (χ3v) is 9.65. The second-order valence-corrected chi connectivity index (χ2v) is 12.9. The predicted octanol–water partition coefficient (Wildman–Crippen LogP) is 7.69. The van der Waals surface area contributed by atoms with Crippen LogP contribution < -0.4 is 9.47 Å². The summed E-state index contributed by atoms with van der Waals surface area (Å²) < 4.78 is 43.9. The van der Waals surface area contributed by atoms with E-state index in [-0.39, 0.29) is 45.3 Å². The van der Waals surface area contributed by atoms with E-state index in [4.69, 9.17) is 14.7 Å². The highest BCUT2D eigenvalue weighted by Crippen LogP contribution is 2.40. The monoisotopic (exact) mass is 799 g/mol. The van der Waals surface area contributed by atoms with Crippen molar-refractivity contribution in [1.29, 1.82) is 0 Å². The number of benzene rings is 4. The van der Waals surface area contributed by atoms with Crippen LogP contribution in [0.15, 0.2) is 90.9 Å². The van der Waals surface area contributed by atoms with Crippen molar-refractivity contribution < 1.29 is 38.5 Å². The molecule has 0 radical (unpaired) electrons. The van der Waals surface area contributed by atoms with E-state index in [0.29, 0.717) is 75.1 Å². The van der Waals surface area contributed by atoms with E-state index in [1.54, 1.807) is 49.3 Å². The Morgan fingerprint density at radius 3 is 1.54 bits per heavy atom. The summed E-state index contributed by atoms with van der Waals surface area (Å²) >= 11 is 0. The molecule has 0 bridgehead atoms. The maximum Gasteiger partial charge on any atom is 0.183 e. The van der Waals surface area contributed by atoms with Crippen LogP contribution in [-0.2, 0) is 13.1 Å². The fraction of sp³-hybridized carbons (Fsp3) is 0.143. The number of carbonyl (C=O) groups is 1. The fourth-order valence-corrected chi connectivity index (χ4v) is 6.62. The molecule has 8 rings (SSSR count). The van der Waals surface area contributed by atoms with Crippen LogP contribution in [0.25, 0.3) is 66.8 Å². The van der Waals surface area contributed by atoms with E-state index in [1.165, 1.54) is 50.6 Å². The topological polar surface area (TPSA) is 196 Å². The second-order valence-electron chi connectivity index (χ2n) is 12.9. The third kappa shape index (κ3) is 7.43. The van der Waals surface area contributed by atoms with Crippen molar-refractivity contribution in [3.05, 3.63) is 108 Å². The van der Waals surface area contributed by atoms with Crippen molar-refractivity contribution in [3.8, 4) is 67.5 Å². The largest absolute Gasteiger partial charge is 0.507 e. The maximum atomic E-state index is 14.8. The summed E-state index contributed by atoms with van der Waals surface area (Å²) in [4.78, 5) is 20.1. The van der Waals surface area contributed by atoms with Crippen molar-refractivity contribution in [3.63, 3.8) is 0 Å². The van der Waals surface area contributed by atoms with Gasteiger partial charge in [0.25, 0.3) is 0 Å². The maximum absolute atomic E-state index is 14.8. The van der Waals surface area contributed by atoms with E-state index in [9.17, 15) is 23.8 Å². The number of aryl methyl sites for hydroxylation is 2. The van der Waals surface area contributed by atoms with Crippen LogP contribution >= 0.6 is 0 Å². The minimum Gasteiger partial charge on any atom is -0.507 e. The summed E-state index contributed by atoms with van der Waals surface area (Å²) in [6.07, 6.45) is 8.12. The Labute approximate surface area is 334 Å². The standard InChI is InChI=1S/C21H18FN5O3.C21H17FN4O3/c1-3-27-11-23-20-16(10-24-26-21(20)27)12-4-5-17(22)14(6-12)15-7-13(9-25-29)18(28)8-19(15)30-2;1-3-26-11-23-20-16(9-24-25-21(20)26)12-4-5-17(22)14(6-12)15-7-13(10-27)18(28)8-19(15)29-2/h4-11,28-29H,3H2,1-2H3;4-11,28H,3H2,1-2H3. The predicted molar refractivity (Wildman–Crippen MR) is 215 cm³/mol. The molecule has 4 aromatic heterocycles. The molecule has 0 aliphatic rings. The Bertz CT molecular complexity index is 2900. The normalized spacial score (nSPS) is 11.2. The van der Waals surface area contributed by atoms with Crippen LogP contribution in [0.1, 0.15) is 29.8 Å². The number of aldehydes is 1. The molecule has 17 heteroatoms. The molecule has 4 heterocycles. The number of nitrogens with zero attached hydrogens (tertiary/aromatic N) is 9. The molecule has 4 aromatic carbocycles. The van der Waals surface area contributed by atoms with Gasteiger partial charge in [-0.1, -0.05) is 17.3 Å². The summed E-state index contributed by atoms with van der Waals surface area (Å²) in [5, 5.41) is 48.2. The summed E-state index contributed by atoms with van der Waals surface area (Å²) in [5.74, 6) is -0.847. The van der Waals surface area contributed by atoms with Crippen LogP contribution in [0.5, 0.6) is 23.0 Å². The molecule has 0 saturated carbocycles. The number of methoxy groups -OCH3 is 2. The number of phenolic OH excluding ortho intramolecular Hbond substituents is 2. The molecular weight excluding hydrogens is 765 g/mol. The molecule has 298 valence electrons.